The van der Waals surface area contributed by atoms with Gasteiger partial charge < -0.3 is 10.2 Å². The third-order valence-corrected chi connectivity index (χ3v) is 4.61. The minimum absolute atomic E-state index is 0.281. The molecule has 2 heteroatoms. The lowest BCUT2D eigenvalue weighted by Gasteiger charge is -2.10. The maximum atomic E-state index is 9.74. The Bertz CT molecular complexity index is 566. The average molecular weight is 357 g/mol. The highest BCUT2D eigenvalue weighted by Gasteiger charge is 2.06. The van der Waals surface area contributed by atoms with Crippen molar-refractivity contribution in [1.29, 1.82) is 0 Å². The van der Waals surface area contributed by atoms with Gasteiger partial charge in [0, 0.05) is 0 Å². The van der Waals surface area contributed by atoms with Crippen molar-refractivity contribution in [2.24, 2.45) is 0 Å². The van der Waals surface area contributed by atoms with Gasteiger partial charge in [-0.2, -0.15) is 0 Å². The number of hydrogen-bond donors (Lipinski definition) is 2. The van der Waals surface area contributed by atoms with E-state index >= 15 is 0 Å². The summed E-state index contributed by atoms with van der Waals surface area (Å²) in [6, 6.07) is 16.4. The maximum absolute atomic E-state index is 9.74. The SMILES string of the molecule is CCCC(O)c1cccc(CC)c1.CCCC(O)c1cccc(CC)c1. The zero-order valence-corrected chi connectivity index (χ0v) is 16.9. The van der Waals surface area contributed by atoms with Crippen LogP contribution in [-0.2, 0) is 12.8 Å². The smallest absolute Gasteiger partial charge is 0.0790 e. The molecule has 0 aliphatic rings. The quantitative estimate of drug-likeness (QED) is 0.594. The Labute approximate surface area is 159 Å². The standard InChI is InChI=1S/2C12H18O/c2*1-3-6-12(13)11-8-5-7-10(4-2)9-11/h2*5,7-9,12-13H,3-4,6H2,1-2H3. The lowest BCUT2D eigenvalue weighted by Crippen LogP contribution is -1.97. The molecule has 2 unspecified atom stereocenters. The molecule has 0 spiro atoms. The van der Waals surface area contributed by atoms with Crippen LogP contribution in [0.4, 0.5) is 0 Å². The molecule has 0 saturated heterocycles. The van der Waals surface area contributed by atoms with Gasteiger partial charge in [-0.15, -0.1) is 0 Å². The lowest BCUT2D eigenvalue weighted by atomic mass is 10.0. The molecule has 2 nitrogen and oxygen atoms in total. The van der Waals surface area contributed by atoms with Crippen molar-refractivity contribution >= 4 is 0 Å². The normalized spacial score (nSPS) is 12.8. The van der Waals surface area contributed by atoms with Crippen LogP contribution in [0.1, 0.15) is 87.8 Å². The fraction of sp³-hybridized carbons (Fsp3) is 0.500. The second-order valence-electron chi connectivity index (χ2n) is 6.81. The highest BCUT2D eigenvalue weighted by Crippen LogP contribution is 2.20. The van der Waals surface area contributed by atoms with Crippen LogP contribution in [0, 0.1) is 0 Å². The van der Waals surface area contributed by atoms with E-state index in [1.54, 1.807) is 0 Å². The Kier molecular flexibility index (Phi) is 10.9. The Hall–Kier alpha value is -1.64. The fourth-order valence-corrected chi connectivity index (χ4v) is 2.92. The Morgan fingerprint density at radius 3 is 1.35 bits per heavy atom. The van der Waals surface area contributed by atoms with Crippen molar-refractivity contribution in [2.75, 3.05) is 0 Å². The Morgan fingerprint density at radius 1 is 0.654 bits per heavy atom. The molecule has 0 saturated carbocycles. The van der Waals surface area contributed by atoms with Crippen molar-refractivity contribution in [1.82, 2.24) is 0 Å². The van der Waals surface area contributed by atoms with Crippen LogP contribution in [0.25, 0.3) is 0 Å². The van der Waals surface area contributed by atoms with Gasteiger partial charge >= 0.3 is 0 Å². The van der Waals surface area contributed by atoms with E-state index in [1.165, 1.54) is 11.1 Å². The molecule has 26 heavy (non-hydrogen) atoms. The predicted molar refractivity (Wildman–Crippen MR) is 111 cm³/mol. The van der Waals surface area contributed by atoms with E-state index in [2.05, 4.69) is 52.0 Å². The van der Waals surface area contributed by atoms with Crippen LogP contribution in [0.2, 0.25) is 0 Å². The molecular formula is C24H36O2. The van der Waals surface area contributed by atoms with E-state index in [9.17, 15) is 10.2 Å². The largest absolute Gasteiger partial charge is 0.388 e. The number of aliphatic hydroxyl groups excluding tert-OH is 2. The second kappa shape index (κ2) is 12.7. The molecule has 2 rings (SSSR count). The summed E-state index contributed by atoms with van der Waals surface area (Å²) in [6.07, 6.45) is 5.27. The number of hydrogen-bond acceptors (Lipinski definition) is 2. The van der Waals surface area contributed by atoms with Gasteiger partial charge in [0.25, 0.3) is 0 Å². The summed E-state index contributed by atoms with van der Waals surface area (Å²) in [5.74, 6) is 0. The minimum Gasteiger partial charge on any atom is -0.388 e. The summed E-state index contributed by atoms with van der Waals surface area (Å²) < 4.78 is 0. The van der Waals surface area contributed by atoms with Crippen molar-refractivity contribution in [2.45, 2.75) is 78.4 Å². The molecule has 0 heterocycles. The third kappa shape index (κ3) is 7.72. The van der Waals surface area contributed by atoms with E-state index in [4.69, 9.17) is 0 Å². The highest BCUT2D eigenvalue weighted by molar-refractivity contribution is 5.25. The molecule has 0 radical (unpaired) electrons. The fourth-order valence-electron chi connectivity index (χ4n) is 2.92. The first-order chi connectivity index (χ1) is 12.5. The first-order valence-corrected chi connectivity index (χ1v) is 10.1. The molecule has 0 amide bonds. The van der Waals surface area contributed by atoms with Gasteiger partial charge in [0.15, 0.2) is 0 Å². The van der Waals surface area contributed by atoms with E-state index in [-0.39, 0.29) is 12.2 Å². The van der Waals surface area contributed by atoms with Crippen LogP contribution in [0.3, 0.4) is 0 Å². The number of aliphatic hydroxyl groups is 2. The average Bonchev–Trinajstić information content (AvgIpc) is 2.69. The lowest BCUT2D eigenvalue weighted by molar-refractivity contribution is 0.166. The Balaban J connectivity index is 0.000000260. The van der Waals surface area contributed by atoms with Crippen molar-refractivity contribution in [3.63, 3.8) is 0 Å². The Morgan fingerprint density at radius 2 is 1.04 bits per heavy atom. The van der Waals surface area contributed by atoms with Gasteiger partial charge in [0.05, 0.1) is 12.2 Å². The summed E-state index contributed by atoms with van der Waals surface area (Å²) in [5, 5.41) is 19.5. The highest BCUT2D eigenvalue weighted by atomic mass is 16.3. The predicted octanol–water partition coefficient (Wildman–Crippen LogP) is 6.17. The molecule has 0 aromatic heterocycles. The molecular weight excluding hydrogens is 320 g/mol. The molecule has 2 aromatic carbocycles. The van der Waals surface area contributed by atoms with Gasteiger partial charge in [-0.3, -0.25) is 0 Å². The molecule has 0 aliphatic heterocycles. The zero-order valence-electron chi connectivity index (χ0n) is 16.9. The van der Waals surface area contributed by atoms with E-state index in [0.717, 1.165) is 49.7 Å². The summed E-state index contributed by atoms with van der Waals surface area (Å²) in [4.78, 5) is 0. The van der Waals surface area contributed by atoms with Crippen LogP contribution in [-0.4, -0.2) is 10.2 Å². The van der Waals surface area contributed by atoms with Crippen LogP contribution >= 0.6 is 0 Å². The maximum Gasteiger partial charge on any atom is 0.0790 e. The summed E-state index contributed by atoms with van der Waals surface area (Å²) in [6.45, 7) is 8.44. The molecule has 2 atom stereocenters. The van der Waals surface area contributed by atoms with Crippen LogP contribution in [0.5, 0.6) is 0 Å². The van der Waals surface area contributed by atoms with Gasteiger partial charge in [0.2, 0.25) is 0 Å². The summed E-state index contributed by atoms with van der Waals surface area (Å²) >= 11 is 0. The summed E-state index contributed by atoms with van der Waals surface area (Å²) in [5.41, 5.74) is 4.71. The number of rotatable bonds is 8. The number of aryl methyl sites for hydroxylation is 2. The first-order valence-electron chi connectivity index (χ1n) is 10.1. The minimum atomic E-state index is -0.281. The third-order valence-electron chi connectivity index (χ3n) is 4.61. The molecule has 2 N–H and O–H groups in total. The van der Waals surface area contributed by atoms with Gasteiger partial charge in [-0.05, 0) is 47.9 Å². The molecule has 0 bridgehead atoms. The van der Waals surface area contributed by atoms with E-state index in [1.807, 2.05) is 24.3 Å². The molecule has 2 aromatic rings. The monoisotopic (exact) mass is 356 g/mol. The van der Waals surface area contributed by atoms with Gasteiger partial charge in [-0.1, -0.05) is 89.1 Å². The van der Waals surface area contributed by atoms with Crippen molar-refractivity contribution < 1.29 is 10.2 Å². The van der Waals surface area contributed by atoms with Crippen LogP contribution < -0.4 is 0 Å². The topological polar surface area (TPSA) is 40.5 Å². The number of benzene rings is 2. The molecule has 144 valence electrons. The second-order valence-corrected chi connectivity index (χ2v) is 6.81. The van der Waals surface area contributed by atoms with Crippen molar-refractivity contribution in [3.05, 3.63) is 70.8 Å². The zero-order chi connectivity index (χ0) is 19.4. The van der Waals surface area contributed by atoms with E-state index in [0.29, 0.717) is 0 Å². The molecule has 0 aliphatic carbocycles. The summed E-state index contributed by atoms with van der Waals surface area (Å²) in [7, 11) is 0. The molecule has 0 fully saturated rings. The van der Waals surface area contributed by atoms with E-state index < -0.39 is 0 Å². The van der Waals surface area contributed by atoms with Gasteiger partial charge in [0.1, 0.15) is 0 Å². The van der Waals surface area contributed by atoms with Crippen molar-refractivity contribution in [3.8, 4) is 0 Å². The van der Waals surface area contributed by atoms with Gasteiger partial charge in [-0.25, -0.2) is 0 Å². The first kappa shape index (κ1) is 22.4. The van der Waals surface area contributed by atoms with Crippen LogP contribution in [0.15, 0.2) is 48.5 Å².